The van der Waals surface area contributed by atoms with Gasteiger partial charge < -0.3 is 9.88 Å². The maximum atomic E-state index is 12.6. The highest BCUT2D eigenvalue weighted by molar-refractivity contribution is 7.98. The van der Waals surface area contributed by atoms with Crippen LogP contribution >= 0.6 is 11.8 Å². The molecule has 0 bridgehead atoms. The molecule has 134 valence electrons. The molecule has 0 unspecified atom stereocenters. The van der Waals surface area contributed by atoms with Gasteiger partial charge in [-0.05, 0) is 41.3 Å². The van der Waals surface area contributed by atoms with E-state index in [-0.39, 0.29) is 5.91 Å². The zero-order chi connectivity index (χ0) is 18.5. The monoisotopic (exact) mass is 366 g/mol. The van der Waals surface area contributed by atoms with Crippen molar-refractivity contribution in [3.8, 4) is 0 Å². The van der Waals surface area contributed by atoms with E-state index >= 15 is 0 Å². The number of thioether (sulfide) groups is 1. The summed E-state index contributed by atoms with van der Waals surface area (Å²) in [5.74, 6) is 1.06. The molecular weight excluding hydrogens is 344 g/mol. The van der Waals surface area contributed by atoms with Crippen molar-refractivity contribution in [2.45, 2.75) is 30.7 Å². The first-order valence-corrected chi connectivity index (χ1v) is 9.48. The van der Waals surface area contributed by atoms with Gasteiger partial charge in [-0.25, -0.2) is 0 Å². The third-order valence-corrected chi connectivity index (χ3v) is 5.14. The molecule has 0 saturated carbocycles. The van der Waals surface area contributed by atoms with Crippen molar-refractivity contribution in [3.63, 3.8) is 0 Å². The molecule has 0 spiro atoms. The number of benzene rings is 2. The molecule has 3 rings (SSSR count). The number of hydrogen-bond donors (Lipinski definition) is 1. The van der Waals surface area contributed by atoms with Crippen molar-refractivity contribution in [1.29, 1.82) is 0 Å². The third kappa shape index (κ3) is 4.52. The lowest BCUT2D eigenvalue weighted by molar-refractivity contribution is 0.102. The molecule has 1 N–H and O–H groups in total. The first kappa shape index (κ1) is 18.2. The van der Waals surface area contributed by atoms with E-state index in [4.69, 9.17) is 0 Å². The molecule has 1 heterocycles. The molecule has 26 heavy (non-hydrogen) atoms. The number of anilines is 1. The SMILES string of the molecule is CC(C)c1cccc(C(=O)Nc2cccc(CSc3nncn3C)c2)c1. The van der Waals surface area contributed by atoms with Gasteiger partial charge in [-0.3, -0.25) is 4.79 Å². The van der Waals surface area contributed by atoms with E-state index < -0.39 is 0 Å². The Labute approximate surface area is 157 Å². The third-order valence-electron chi connectivity index (χ3n) is 4.04. The fourth-order valence-corrected chi connectivity index (χ4v) is 3.36. The van der Waals surface area contributed by atoms with E-state index in [2.05, 4.69) is 29.4 Å². The summed E-state index contributed by atoms with van der Waals surface area (Å²) in [6.07, 6.45) is 1.68. The van der Waals surface area contributed by atoms with Crippen LogP contribution < -0.4 is 5.32 Å². The lowest BCUT2D eigenvalue weighted by atomic mass is 10.0. The molecule has 5 nitrogen and oxygen atoms in total. The minimum Gasteiger partial charge on any atom is -0.322 e. The van der Waals surface area contributed by atoms with Crippen LogP contribution in [0.2, 0.25) is 0 Å². The van der Waals surface area contributed by atoms with Crippen molar-refractivity contribution in [1.82, 2.24) is 14.8 Å². The highest BCUT2D eigenvalue weighted by Crippen LogP contribution is 2.22. The van der Waals surface area contributed by atoms with E-state index in [1.807, 2.05) is 60.1 Å². The van der Waals surface area contributed by atoms with Crippen LogP contribution in [0, 0.1) is 0 Å². The standard InChI is InChI=1S/C20H22N4OS/c1-14(2)16-7-5-8-17(11-16)19(25)22-18-9-4-6-15(10-18)12-26-20-23-21-13-24(20)3/h4-11,13-14H,12H2,1-3H3,(H,22,25). The molecule has 2 aromatic carbocycles. The quantitative estimate of drug-likeness (QED) is 0.653. The van der Waals surface area contributed by atoms with Gasteiger partial charge in [0.05, 0.1) is 0 Å². The van der Waals surface area contributed by atoms with Crippen LogP contribution in [0.4, 0.5) is 5.69 Å². The number of amides is 1. The molecule has 0 aliphatic heterocycles. The van der Waals surface area contributed by atoms with Crippen LogP contribution in [0.25, 0.3) is 0 Å². The first-order chi connectivity index (χ1) is 12.5. The number of nitrogens with one attached hydrogen (secondary N) is 1. The summed E-state index contributed by atoms with van der Waals surface area (Å²) in [5, 5.41) is 11.8. The maximum absolute atomic E-state index is 12.6. The van der Waals surface area contributed by atoms with Gasteiger partial charge in [0.25, 0.3) is 5.91 Å². The highest BCUT2D eigenvalue weighted by Gasteiger charge is 2.09. The van der Waals surface area contributed by atoms with Crippen molar-refractivity contribution in [3.05, 3.63) is 71.5 Å². The van der Waals surface area contributed by atoms with Crippen molar-refractivity contribution >= 4 is 23.4 Å². The topological polar surface area (TPSA) is 59.8 Å². The largest absolute Gasteiger partial charge is 0.322 e. The lowest BCUT2D eigenvalue weighted by Gasteiger charge is -2.10. The minimum atomic E-state index is -0.0920. The smallest absolute Gasteiger partial charge is 0.255 e. The molecule has 0 aliphatic carbocycles. The summed E-state index contributed by atoms with van der Waals surface area (Å²) in [4.78, 5) is 12.6. The number of carbonyl (C=O) groups excluding carboxylic acids is 1. The molecule has 1 aromatic heterocycles. The zero-order valence-corrected chi connectivity index (χ0v) is 16.0. The fourth-order valence-electron chi connectivity index (χ4n) is 2.53. The predicted molar refractivity (Wildman–Crippen MR) is 105 cm³/mol. The van der Waals surface area contributed by atoms with Gasteiger partial charge in [-0.15, -0.1) is 10.2 Å². The molecule has 6 heteroatoms. The molecule has 0 saturated heterocycles. The Bertz CT molecular complexity index is 904. The Morgan fingerprint density at radius 2 is 2.00 bits per heavy atom. The Morgan fingerprint density at radius 1 is 1.19 bits per heavy atom. The number of nitrogens with zero attached hydrogens (tertiary/aromatic N) is 3. The Balaban J connectivity index is 1.67. The molecule has 0 aliphatic rings. The van der Waals surface area contributed by atoms with E-state index in [1.165, 1.54) is 0 Å². The Kier molecular flexibility index (Phi) is 5.73. The number of aromatic nitrogens is 3. The molecular formula is C20H22N4OS. The second kappa shape index (κ2) is 8.19. The van der Waals surface area contributed by atoms with Crippen LogP contribution in [-0.2, 0) is 12.8 Å². The van der Waals surface area contributed by atoms with Crippen LogP contribution in [0.15, 0.2) is 60.0 Å². The minimum absolute atomic E-state index is 0.0920. The summed E-state index contributed by atoms with van der Waals surface area (Å²) >= 11 is 1.61. The van der Waals surface area contributed by atoms with Gasteiger partial charge in [0.1, 0.15) is 6.33 Å². The molecule has 0 radical (unpaired) electrons. The highest BCUT2D eigenvalue weighted by atomic mass is 32.2. The van der Waals surface area contributed by atoms with Gasteiger partial charge in [-0.1, -0.05) is 49.9 Å². The van der Waals surface area contributed by atoms with Crippen molar-refractivity contribution < 1.29 is 4.79 Å². The normalized spacial score (nSPS) is 10.9. The number of rotatable bonds is 6. The lowest BCUT2D eigenvalue weighted by Crippen LogP contribution is -2.12. The van der Waals surface area contributed by atoms with E-state index in [0.29, 0.717) is 11.5 Å². The van der Waals surface area contributed by atoms with Gasteiger partial charge in [0, 0.05) is 24.1 Å². The van der Waals surface area contributed by atoms with Crippen LogP contribution in [0.1, 0.15) is 41.3 Å². The summed E-state index contributed by atoms with van der Waals surface area (Å²) < 4.78 is 1.89. The van der Waals surface area contributed by atoms with Crippen LogP contribution in [0.5, 0.6) is 0 Å². The maximum Gasteiger partial charge on any atom is 0.255 e. The average Bonchev–Trinajstić information content (AvgIpc) is 3.05. The van der Waals surface area contributed by atoms with E-state index in [1.54, 1.807) is 18.1 Å². The summed E-state index contributed by atoms with van der Waals surface area (Å²) in [5.41, 5.74) is 3.74. The van der Waals surface area contributed by atoms with E-state index in [0.717, 1.165) is 27.7 Å². The van der Waals surface area contributed by atoms with Crippen molar-refractivity contribution in [2.75, 3.05) is 5.32 Å². The van der Waals surface area contributed by atoms with Crippen LogP contribution in [-0.4, -0.2) is 20.7 Å². The summed E-state index contributed by atoms with van der Waals surface area (Å²) in [7, 11) is 1.92. The zero-order valence-electron chi connectivity index (χ0n) is 15.1. The van der Waals surface area contributed by atoms with E-state index in [9.17, 15) is 4.79 Å². The summed E-state index contributed by atoms with van der Waals surface area (Å²) in [6.45, 7) is 4.24. The summed E-state index contributed by atoms with van der Waals surface area (Å²) in [6, 6.07) is 15.7. The first-order valence-electron chi connectivity index (χ1n) is 8.50. The molecule has 0 atom stereocenters. The molecule has 3 aromatic rings. The molecule has 0 fully saturated rings. The second-order valence-corrected chi connectivity index (χ2v) is 7.39. The number of carbonyl (C=O) groups is 1. The predicted octanol–water partition coefficient (Wildman–Crippen LogP) is 4.48. The Hall–Kier alpha value is -2.60. The fraction of sp³-hybridized carbons (Fsp3) is 0.250. The van der Waals surface area contributed by atoms with Gasteiger partial charge in [0.15, 0.2) is 5.16 Å². The van der Waals surface area contributed by atoms with Gasteiger partial charge >= 0.3 is 0 Å². The van der Waals surface area contributed by atoms with Crippen molar-refractivity contribution in [2.24, 2.45) is 7.05 Å². The van der Waals surface area contributed by atoms with Crippen LogP contribution in [0.3, 0.4) is 0 Å². The molecule has 1 amide bonds. The van der Waals surface area contributed by atoms with Gasteiger partial charge in [0.2, 0.25) is 0 Å². The second-order valence-electron chi connectivity index (χ2n) is 6.45. The number of aryl methyl sites for hydroxylation is 1. The Morgan fingerprint density at radius 3 is 2.73 bits per heavy atom. The number of hydrogen-bond acceptors (Lipinski definition) is 4. The average molecular weight is 366 g/mol. The van der Waals surface area contributed by atoms with Gasteiger partial charge in [-0.2, -0.15) is 0 Å².